The van der Waals surface area contributed by atoms with Gasteiger partial charge in [0.25, 0.3) is 5.91 Å². The minimum absolute atomic E-state index is 0.263. The maximum Gasteiger partial charge on any atom is 0.338 e. The van der Waals surface area contributed by atoms with E-state index in [1.807, 2.05) is 19.2 Å². The van der Waals surface area contributed by atoms with E-state index in [1.165, 1.54) is 0 Å². The maximum atomic E-state index is 12.5. The normalized spacial score (nSPS) is 10.4. The van der Waals surface area contributed by atoms with Crippen LogP contribution in [0, 0.1) is 6.92 Å². The Morgan fingerprint density at radius 1 is 1.10 bits per heavy atom. The number of nitrogens with one attached hydrogen (secondary N) is 1. The van der Waals surface area contributed by atoms with Gasteiger partial charge in [0.15, 0.2) is 0 Å². The summed E-state index contributed by atoms with van der Waals surface area (Å²) >= 11 is 1.57. The number of aromatic nitrogens is 1. The summed E-state index contributed by atoms with van der Waals surface area (Å²) in [7, 11) is 0. The molecule has 0 saturated carbocycles. The van der Waals surface area contributed by atoms with Crippen molar-refractivity contribution >= 4 is 28.9 Å². The Morgan fingerprint density at radius 3 is 2.59 bits per heavy atom. The van der Waals surface area contributed by atoms with E-state index < -0.39 is 0 Å². The van der Waals surface area contributed by atoms with E-state index >= 15 is 0 Å². The third-order valence-electron chi connectivity index (χ3n) is 3.97. The van der Waals surface area contributed by atoms with Gasteiger partial charge in [-0.05, 0) is 55.8 Å². The van der Waals surface area contributed by atoms with E-state index in [-0.39, 0.29) is 11.9 Å². The number of rotatable bonds is 8. The number of ether oxygens (including phenoxy) is 2. The number of aryl methyl sites for hydroxylation is 1. The molecule has 3 rings (SSSR count). The molecule has 0 fully saturated rings. The molecular formula is C22H22N2O4S. The van der Waals surface area contributed by atoms with E-state index in [1.54, 1.807) is 59.9 Å². The third-order valence-corrected chi connectivity index (χ3v) is 4.79. The summed E-state index contributed by atoms with van der Waals surface area (Å²) in [5.41, 5.74) is 2.37. The first-order valence-electron chi connectivity index (χ1n) is 9.27. The van der Waals surface area contributed by atoms with Crippen molar-refractivity contribution in [2.24, 2.45) is 0 Å². The summed E-state index contributed by atoms with van der Waals surface area (Å²) in [6, 6.07) is 13.6. The molecule has 6 nitrogen and oxygen atoms in total. The lowest BCUT2D eigenvalue weighted by atomic mass is 10.1. The molecule has 0 radical (unpaired) electrons. The van der Waals surface area contributed by atoms with Crippen LogP contribution in [0.3, 0.4) is 0 Å². The molecule has 3 aromatic rings. The predicted octanol–water partition coefficient (Wildman–Crippen LogP) is 4.85. The number of carbonyl (C=O) groups excluding carboxylic acids is 2. The number of hydrogen-bond donors (Lipinski definition) is 1. The maximum absolute atomic E-state index is 12.5. The quantitative estimate of drug-likeness (QED) is 0.537. The lowest BCUT2D eigenvalue weighted by Crippen LogP contribution is -2.12. The molecule has 0 aliphatic carbocycles. The molecule has 29 heavy (non-hydrogen) atoms. The highest BCUT2D eigenvalue weighted by atomic mass is 32.1. The highest BCUT2D eigenvalue weighted by molar-refractivity contribution is 7.09. The van der Waals surface area contributed by atoms with Crippen molar-refractivity contribution in [3.8, 4) is 5.75 Å². The van der Waals surface area contributed by atoms with Gasteiger partial charge in [-0.3, -0.25) is 4.79 Å². The van der Waals surface area contributed by atoms with Crippen molar-refractivity contribution in [1.29, 1.82) is 0 Å². The monoisotopic (exact) mass is 410 g/mol. The minimum atomic E-state index is -0.370. The van der Waals surface area contributed by atoms with Crippen LogP contribution in [0.2, 0.25) is 0 Å². The molecule has 1 heterocycles. The number of hydrogen-bond acceptors (Lipinski definition) is 6. The molecule has 0 bridgehead atoms. The van der Waals surface area contributed by atoms with Crippen LogP contribution in [-0.4, -0.2) is 23.5 Å². The van der Waals surface area contributed by atoms with Gasteiger partial charge in [0.2, 0.25) is 0 Å². The van der Waals surface area contributed by atoms with Crippen molar-refractivity contribution in [3.63, 3.8) is 0 Å². The first kappa shape index (κ1) is 20.5. The molecule has 0 atom stereocenters. The van der Waals surface area contributed by atoms with E-state index in [4.69, 9.17) is 9.47 Å². The van der Waals surface area contributed by atoms with Gasteiger partial charge in [-0.2, -0.15) is 0 Å². The van der Waals surface area contributed by atoms with Gasteiger partial charge >= 0.3 is 5.97 Å². The molecule has 2 aromatic carbocycles. The Balaban J connectivity index is 1.59. The molecule has 1 N–H and O–H groups in total. The topological polar surface area (TPSA) is 77.5 Å². The second kappa shape index (κ2) is 9.84. The summed E-state index contributed by atoms with van der Waals surface area (Å²) in [6.07, 6.45) is 0.770. The van der Waals surface area contributed by atoms with Crippen molar-refractivity contribution in [3.05, 3.63) is 75.7 Å². The second-order valence-electron chi connectivity index (χ2n) is 6.34. The summed E-state index contributed by atoms with van der Waals surface area (Å²) in [5.74, 6) is -0.0385. The number of thiazole rings is 1. The van der Waals surface area contributed by atoms with Crippen molar-refractivity contribution in [2.45, 2.75) is 26.9 Å². The van der Waals surface area contributed by atoms with Gasteiger partial charge in [0.05, 0.1) is 22.9 Å². The Hall–Kier alpha value is -3.19. The van der Waals surface area contributed by atoms with Crippen LogP contribution in [0.25, 0.3) is 0 Å². The van der Waals surface area contributed by atoms with Crippen LogP contribution in [-0.2, 0) is 11.3 Å². The lowest BCUT2D eigenvalue weighted by Gasteiger charge is -2.09. The van der Waals surface area contributed by atoms with Crippen molar-refractivity contribution in [2.75, 3.05) is 11.9 Å². The van der Waals surface area contributed by atoms with Crippen LogP contribution in [0.1, 0.15) is 44.8 Å². The van der Waals surface area contributed by atoms with Gasteiger partial charge in [0.1, 0.15) is 12.4 Å². The average molecular weight is 410 g/mol. The molecule has 1 aromatic heterocycles. The summed E-state index contributed by atoms with van der Waals surface area (Å²) in [6.45, 7) is 4.62. The highest BCUT2D eigenvalue weighted by Crippen LogP contribution is 2.18. The van der Waals surface area contributed by atoms with E-state index in [0.717, 1.165) is 17.1 Å². The standard InChI is InChI=1S/C22H22N2O4S/c1-3-11-27-22(26)16-7-9-18(10-8-16)24-21(25)17-5-4-6-20(12-17)28-13-19-14-29-15(2)23-19/h4-10,12,14H,3,11,13H2,1-2H3,(H,24,25). The Labute approximate surface area is 173 Å². The predicted molar refractivity (Wildman–Crippen MR) is 113 cm³/mol. The zero-order valence-corrected chi connectivity index (χ0v) is 17.1. The molecule has 7 heteroatoms. The average Bonchev–Trinajstić information content (AvgIpc) is 3.16. The van der Waals surface area contributed by atoms with E-state index in [0.29, 0.717) is 35.8 Å². The largest absolute Gasteiger partial charge is 0.487 e. The summed E-state index contributed by atoms with van der Waals surface area (Å²) < 4.78 is 10.8. The second-order valence-corrected chi connectivity index (χ2v) is 7.40. The van der Waals surface area contributed by atoms with Crippen molar-refractivity contribution in [1.82, 2.24) is 4.98 Å². The summed E-state index contributed by atoms with van der Waals surface area (Å²) in [4.78, 5) is 28.7. The van der Waals surface area contributed by atoms with Gasteiger partial charge < -0.3 is 14.8 Å². The van der Waals surface area contributed by atoms with Gasteiger partial charge in [-0.25, -0.2) is 9.78 Å². The smallest absolute Gasteiger partial charge is 0.338 e. The first-order chi connectivity index (χ1) is 14.0. The molecule has 0 unspecified atom stereocenters. The molecular weight excluding hydrogens is 388 g/mol. The van der Waals surface area contributed by atoms with Crippen LogP contribution >= 0.6 is 11.3 Å². The molecule has 150 valence electrons. The Bertz CT molecular complexity index is 982. The third kappa shape index (κ3) is 5.89. The first-order valence-corrected chi connectivity index (χ1v) is 10.2. The van der Waals surface area contributed by atoms with Gasteiger partial charge in [0, 0.05) is 16.6 Å². The highest BCUT2D eigenvalue weighted by Gasteiger charge is 2.10. The Morgan fingerprint density at radius 2 is 1.90 bits per heavy atom. The number of anilines is 1. The fourth-order valence-corrected chi connectivity index (χ4v) is 3.13. The van der Waals surface area contributed by atoms with Crippen LogP contribution in [0.4, 0.5) is 5.69 Å². The number of amides is 1. The fourth-order valence-electron chi connectivity index (χ4n) is 2.53. The molecule has 0 aliphatic heterocycles. The van der Waals surface area contributed by atoms with Gasteiger partial charge in [-0.15, -0.1) is 11.3 Å². The number of carbonyl (C=O) groups is 2. The molecule has 0 aliphatic rings. The Kier molecular flexibility index (Phi) is 6.97. The zero-order valence-electron chi connectivity index (χ0n) is 16.3. The van der Waals surface area contributed by atoms with Crippen molar-refractivity contribution < 1.29 is 19.1 Å². The molecule has 1 amide bonds. The number of esters is 1. The van der Waals surface area contributed by atoms with Gasteiger partial charge in [-0.1, -0.05) is 13.0 Å². The number of nitrogens with zero attached hydrogens (tertiary/aromatic N) is 1. The molecule has 0 spiro atoms. The van der Waals surface area contributed by atoms with Crippen LogP contribution in [0.5, 0.6) is 5.75 Å². The van der Waals surface area contributed by atoms with Crippen LogP contribution in [0.15, 0.2) is 53.9 Å². The van der Waals surface area contributed by atoms with E-state index in [9.17, 15) is 9.59 Å². The summed E-state index contributed by atoms with van der Waals surface area (Å²) in [5, 5.41) is 5.75. The fraction of sp³-hybridized carbons (Fsp3) is 0.227. The SMILES string of the molecule is CCCOC(=O)c1ccc(NC(=O)c2cccc(OCc3csc(C)n3)c2)cc1. The number of benzene rings is 2. The molecule has 0 saturated heterocycles. The minimum Gasteiger partial charge on any atom is -0.487 e. The zero-order chi connectivity index (χ0) is 20.6. The lowest BCUT2D eigenvalue weighted by molar-refractivity contribution is 0.0505. The van der Waals surface area contributed by atoms with Crippen LogP contribution < -0.4 is 10.1 Å². The van der Waals surface area contributed by atoms with E-state index in [2.05, 4.69) is 10.3 Å².